The van der Waals surface area contributed by atoms with Gasteiger partial charge in [0.2, 0.25) is 0 Å². The van der Waals surface area contributed by atoms with Crippen LogP contribution >= 0.6 is 15.9 Å². The fourth-order valence-corrected chi connectivity index (χ4v) is 1.39. The van der Waals surface area contributed by atoms with Crippen LogP contribution in [0, 0.1) is 0 Å². The van der Waals surface area contributed by atoms with Crippen molar-refractivity contribution in [2.45, 2.75) is 30.7 Å². The summed E-state index contributed by atoms with van der Waals surface area (Å²) < 4.78 is 5.60. The van der Waals surface area contributed by atoms with E-state index in [9.17, 15) is 0 Å². The Bertz CT molecular complexity index is 147. The van der Waals surface area contributed by atoms with Crippen molar-refractivity contribution in [2.24, 2.45) is 0 Å². The molecule has 0 aromatic rings. The molecule has 98 valence electrons. The average molecular weight is 301 g/mol. The van der Waals surface area contributed by atoms with Gasteiger partial charge in [0.15, 0.2) is 0 Å². The Labute approximate surface area is 105 Å². The maximum atomic E-state index is 5.60. The summed E-state index contributed by atoms with van der Waals surface area (Å²) in [6.07, 6.45) is 1.78. The highest BCUT2D eigenvalue weighted by Crippen LogP contribution is 2.13. The van der Waals surface area contributed by atoms with Gasteiger partial charge in [-0.1, -0.05) is 15.9 Å². The van der Waals surface area contributed by atoms with Crippen LogP contribution in [0.1, 0.15) is 19.8 Å². The lowest BCUT2D eigenvalue weighted by Gasteiger charge is -2.18. The highest BCUT2D eigenvalue weighted by molar-refractivity contribution is 9.09. The first kappa shape index (κ1) is 16.3. The van der Waals surface area contributed by atoms with E-state index >= 15 is 0 Å². The van der Waals surface area contributed by atoms with Crippen molar-refractivity contribution in [1.29, 1.82) is 0 Å². The SMILES string of the molecule is COOCCCO[C@@H](C)C(Br)CCOOC. The molecule has 0 N–H and O–H groups in total. The van der Waals surface area contributed by atoms with Gasteiger partial charge in [0, 0.05) is 11.4 Å². The van der Waals surface area contributed by atoms with Crippen LogP contribution in [0.2, 0.25) is 0 Å². The molecular formula is C10H21BrO5. The lowest BCUT2D eigenvalue weighted by Crippen LogP contribution is -2.23. The number of alkyl halides is 1. The molecule has 0 radical (unpaired) electrons. The minimum Gasteiger partial charge on any atom is -0.377 e. The van der Waals surface area contributed by atoms with Crippen molar-refractivity contribution in [3.63, 3.8) is 0 Å². The van der Waals surface area contributed by atoms with Gasteiger partial charge in [-0.05, 0) is 19.8 Å². The monoisotopic (exact) mass is 300 g/mol. The number of hydrogen-bond donors (Lipinski definition) is 0. The lowest BCUT2D eigenvalue weighted by atomic mass is 10.2. The largest absolute Gasteiger partial charge is 0.377 e. The molecule has 0 fully saturated rings. The molecule has 0 aliphatic carbocycles. The molecule has 16 heavy (non-hydrogen) atoms. The predicted octanol–water partition coefficient (Wildman–Crippen LogP) is 2.09. The van der Waals surface area contributed by atoms with Crippen LogP contribution in [0.15, 0.2) is 0 Å². The van der Waals surface area contributed by atoms with Gasteiger partial charge in [-0.25, -0.2) is 19.6 Å². The van der Waals surface area contributed by atoms with Crippen molar-refractivity contribution in [3.8, 4) is 0 Å². The zero-order valence-electron chi connectivity index (χ0n) is 10.1. The van der Waals surface area contributed by atoms with E-state index in [1.165, 1.54) is 14.2 Å². The minimum atomic E-state index is 0.128. The molecule has 2 atom stereocenters. The molecule has 0 aromatic heterocycles. The molecule has 0 bridgehead atoms. The van der Waals surface area contributed by atoms with E-state index in [1.54, 1.807) is 0 Å². The number of ether oxygens (including phenoxy) is 1. The number of halogens is 1. The maximum Gasteiger partial charge on any atom is 0.0844 e. The lowest BCUT2D eigenvalue weighted by molar-refractivity contribution is -0.274. The molecule has 0 aliphatic rings. The average Bonchev–Trinajstić information content (AvgIpc) is 2.28. The summed E-state index contributed by atoms with van der Waals surface area (Å²) in [7, 11) is 2.99. The highest BCUT2D eigenvalue weighted by Gasteiger charge is 2.14. The number of hydrogen-bond acceptors (Lipinski definition) is 5. The molecule has 5 nitrogen and oxygen atoms in total. The third kappa shape index (κ3) is 9.50. The summed E-state index contributed by atoms with van der Waals surface area (Å²) in [6.45, 7) is 3.76. The topological polar surface area (TPSA) is 46.2 Å². The first-order valence-corrected chi connectivity index (χ1v) is 6.20. The van der Waals surface area contributed by atoms with E-state index in [1.807, 2.05) is 6.92 Å². The van der Waals surface area contributed by atoms with Gasteiger partial charge in [0.1, 0.15) is 0 Å². The molecule has 0 rings (SSSR count). The Hall–Kier alpha value is 0.280. The van der Waals surface area contributed by atoms with Crippen LogP contribution in [0.25, 0.3) is 0 Å². The molecule has 0 amide bonds. The third-order valence-electron chi connectivity index (χ3n) is 1.97. The Morgan fingerprint density at radius 2 is 1.62 bits per heavy atom. The molecule has 6 heteroatoms. The Balaban J connectivity index is 3.36. The summed E-state index contributed by atoms with van der Waals surface area (Å²) in [5, 5.41) is 0. The smallest absolute Gasteiger partial charge is 0.0844 e. The zero-order valence-corrected chi connectivity index (χ0v) is 11.7. The second kappa shape index (κ2) is 11.8. The van der Waals surface area contributed by atoms with Crippen molar-refractivity contribution in [2.75, 3.05) is 34.0 Å². The highest BCUT2D eigenvalue weighted by atomic mass is 79.9. The van der Waals surface area contributed by atoms with Crippen molar-refractivity contribution in [3.05, 3.63) is 0 Å². The minimum absolute atomic E-state index is 0.128. The van der Waals surface area contributed by atoms with Gasteiger partial charge >= 0.3 is 0 Å². The van der Waals surface area contributed by atoms with Crippen molar-refractivity contribution >= 4 is 15.9 Å². The summed E-state index contributed by atoms with van der Waals surface area (Å²) in [4.78, 5) is 18.7. The Kier molecular flexibility index (Phi) is 12.0. The van der Waals surface area contributed by atoms with E-state index < -0.39 is 0 Å². The number of rotatable bonds is 11. The Morgan fingerprint density at radius 1 is 1.00 bits per heavy atom. The second-order valence-corrected chi connectivity index (χ2v) is 4.39. The molecular weight excluding hydrogens is 280 g/mol. The predicted molar refractivity (Wildman–Crippen MR) is 63.3 cm³/mol. The van der Waals surface area contributed by atoms with Crippen LogP contribution in [0.4, 0.5) is 0 Å². The normalized spacial score (nSPS) is 15.0. The van der Waals surface area contributed by atoms with Crippen LogP contribution in [-0.2, 0) is 24.3 Å². The van der Waals surface area contributed by atoms with E-state index in [2.05, 4.69) is 25.7 Å². The van der Waals surface area contributed by atoms with Crippen LogP contribution in [0.5, 0.6) is 0 Å². The first-order valence-electron chi connectivity index (χ1n) is 5.29. The van der Waals surface area contributed by atoms with E-state index in [4.69, 9.17) is 14.5 Å². The summed E-state index contributed by atoms with van der Waals surface area (Å²) >= 11 is 3.54. The molecule has 0 spiro atoms. The van der Waals surface area contributed by atoms with Crippen LogP contribution in [-0.4, -0.2) is 45.0 Å². The molecule has 0 aliphatic heterocycles. The van der Waals surface area contributed by atoms with E-state index in [0.717, 1.165) is 12.8 Å². The van der Waals surface area contributed by atoms with Gasteiger partial charge in [0.05, 0.1) is 33.5 Å². The molecule has 0 aromatic carbocycles. The molecule has 1 unspecified atom stereocenters. The fourth-order valence-electron chi connectivity index (χ4n) is 1.05. The first-order chi connectivity index (χ1) is 7.72. The van der Waals surface area contributed by atoms with Gasteiger partial charge in [-0.2, -0.15) is 0 Å². The molecule has 0 saturated carbocycles. The van der Waals surface area contributed by atoms with Gasteiger partial charge < -0.3 is 4.74 Å². The van der Waals surface area contributed by atoms with Crippen LogP contribution < -0.4 is 0 Å². The fraction of sp³-hybridized carbons (Fsp3) is 1.00. The van der Waals surface area contributed by atoms with Gasteiger partial charge in [-0.15, -0.1) is 0 Å². The van der Waals surface area contributed by atoms with Gasteiger partial charge in [-0.3, -0.25) is 0 Å². The van der Waals surface area contributed by atoms with E-state index in [-0.39, 0.29) is 10.9 Å². The standard InChI is InChI=1S/C10H21BrO5/c1-9(10(11)5-8-16-13-3)14-6-4-7-15-12-2/h9-10H,4-8H2,1-3H3/t9-,10?/m0/s1. The zero-order chi connectivity index (χ0) is 12.2. The van der Waals surface area contributed by atoms with Crippen molar-refractivity contribution in [1.82, 2.24) is 0 Å². The molecule has 0 saturated heterocycles. The Morgan fingerprint density at radius 3 is 2.25 bits per heavy atom. The second-order valence-electron chi connectivity index (χ2n) is 3.21. The van der Waals surface area contributed by atoms with E-state index in [0.29, 0.717) is 19.8 Å². The summed E-state index contributed by atoms with van der Waals surface area (Å²) in [5.41, 5.74) is 0. The summed E-state index contributed by atoms with van der Waals surface area (Å²) in [6, 6.07) is 0. The molecule has 0 heterocycles. The third-order valence-corrected chi connectivity index (χ3v) is 3.18. The summed E-state index contributed by atoms with van der Waals surface area (Å²) in [5.74, 6) is 0. The van der Waals surface area contributed by atoms with Crippen molar-refractivity contribution < 1.29 is 24.3 Å². The maximum absolute atomic E-state index is 5.60. The quantitative estimate of drug-likeness (QED) is 0.253. The van der Waals surface area contributed by atoms with Crippen LogP contribution in [0.3, 0.4) is 0 Å². The van der Waals surface area contributed by atoms with Gasteiger partial charge in [0.25, 0.3) is 0 Å².